The summed E-state index contributed by atoms with van der Waals surface area (Å²) in [5.74, 6) is 0. The molecule has 1 aliphatic rings. The highest BCUT2D eigenvalue weighted by Gasteiger charge is 2.15. The van der Waals surface area contributed by atoms with E-state index in [1.807, 2.05) is 30.0 Å². The summed E-state index contributed by atoms with van der Waals surface area (Å²) in [7, 11) is 0. The summed E-state index contributed by atoms with van der Waals surface area (Å²) in [6.07, 6.45) is 2.73. The average Bonchev–Trinajstić information content (AvgIpc) is 2.56. The number of ether oxygens (including phenoxy) is 1. The van der Waals surface area contributed by atoms with Gasteiger partial charge in [-0.15, -0.1) is 0 Å². The second kappa shape index (κ2) is 9.38. The van der Waals surface area contributed by atoms with Gasteiger partial charge in [0.05, 0.1) is 25.5 Å². The fourth-order valence-corrected chi connectivity index (χ4v) is 2.51. The lowest BCUT2D eigenvalue weighted by molar-refractivity contribution is 0.0364. The molecule has 1 saturated heterocycles. The lowest BCUT2D eigenvalue weighted by atomic mass is 10.3. The van der Waals surface area contributed by atoms with Crippen LogP contribution in [0.1, 0.15) is 19.0 Å². The molecule has 1 aromatic rings. The largest absolute Gasteiger partial charge is 0.379 e. The van der Waals surface area contributed by atoms with E-state index in [1.165, 1.54) is 0 Å². The van der Waals surface area contributed by atoms with E-state index in [9.17, 15) is 4.79 Å². The Morgan fingerprint density at radius 2 is 2.23 bits per heavy atom. The number of urea groups is 1. The van der Waals surface area contributed by atoms with Crippen molar-refractivity contribution in [2.24, 2.45) is 0 Å². The first-order valence-corrected chi connectivity index (χ1v) is 8.02. The molecule has 0 aromatic carbocycles. The van der Waals surface area contributed by atoms with E-state index in [1.54, 1.807) is 6.20 Å². The highest BCUT2D eigenvalue weighted by molar-refractivity contribution is 5.74. The molecule has 2 rings (SSSR count). The predicted molar refractivity (Wildman–Crippen MR) is 85.6 cm³/mol. The van der Waals surface area contributed by atoms with Gasteiger partial charge in [0.2, 0.25) is 0 Å². The van der Waals surface area contributed by atoms with E-state index in [-0.39, 0.29) is 6.03 Å². The third-order valence-corrected chi connectivity index (χ3v) is 3.70. The topological polar surface area (TPSA) is 57.7 Å². The molecule has 22 heavy (non-hydrogen) atoms. The molecule has 0 atom stereocenters. The Bertz CT molecular complexity index is 435. The van der Waals surface area contributed by atoms with Gasteiger partial charge in [0.1, 0.15) is 0 Å². The molecule has 2 heterocycles. The van der Waals surface area contributed by atoms with Crippen LogP contribution in [-0.4, -0.2) is 66.8 Å². The highest BCUT2D eigenvalue weighted by Crippen LogP contribution is 2.05. The number of aromatic nitrogens is 1. The molecule has 0 unspecified atom stereocenters. The number of rotatable bonds is 7. The maximum Gasteiger partial charge on any atom is 0.317 e. The van der Waals surface area contributed by atoms with Crippen LogP contribution in [0.2, 0.25) is 0 Å². The Kier molecular flexibility index (Phi) is 7.12. The van der Waals surface area contributed by atoms with Gasteiger partial charge in [-0.05, 0) is 25.5 Å². The van der Waals surface area contributed by atoms with Crippen LogP contribution in [0.15, 0.2) is 24.4 Å². The molecule has 2 amide bonds. The number of morpholine rings is 1. The van der Waals surface area contributed by atoms with Crippen LogP contribution in [0.5, 0.6) is 0 Å². The Morgan fingerprint density at radius 3 is 2.91 bits per heavy atom. The lowest BCUT2D eigenvalue weighted by Gasteiger charge is -2.28. The van der Waals surface area contributed by atoms with Crippen LogP contribution in [0.4, 0.5) is 4.79 Å². The van der Waals surface area contributed by atoms with Gasteiger partial charge in [0.15, 0.2) is 0 Å². The smallest absolute Gasteiger partial charge is 0.317 e. The number of amides is 2. The molecule has 122 valence electrons. The second-order valence-corrected chi connectivity index (χ2v) is 5.39. The normalized spacial score (nSPS) is 15.5. The van der Waals surface area contributed by atoms with Crippen LogP contribution >= 0.6 is 0 Å². The zero-order chi connectivity index (χ0) is 15.6. The summed E-state index contributed by atoms with van der Waals surface area (Å²) >= 11 is 0. The monoisotopic (exact) mass is 306 g/mol. The van der Waals surface area contributed by atoms with Crippen molar-refractivity contribution in [1.82, 2.24) is 20.1 Å². The van der Waals surface area contributed by atoms with E-state index in [2.05, 4.69) is 15.2 Å². The van der Waals surface area contributed by atoms with E-state index in [0.29, 0.717) is 13.1 Å². The van der Waals surface area contributed by atoms with Gasteiger partial charge in [-0.1, -0.05) is 6.07 Å². The molecule has 1 fully saturated rings. The Balaban J connectivity index is 1.82. The molecule has 6 heteroatoms. The van der Waals surface area contributed by atoms with Gasteiger partial charge >= 0.3 is 6.03 Å². The molecule has 1 aliphatic heterocycles. The maximum atomic E-state index is 12.2. The third kappa shape index (κ3) is 5.61. The minimum atomic E-state index is -0.0184. The third-order valence-electron chi connectivity index (χ3n) is 3.70. The summed E-state index contributed by atoms with van der Waals surface area (Å²) in [5.41, 5.74) is 0.917. The number of hydrogen-bond donors (Lipinski definition) is 1. The number of nitrogens with zero attached hydrogens (tertiary/aromatic N) is 3. The van der Waals surface area contributed by atoms with Crippen LogP contribution in [-0.2, 0) is 11.3 Å². The van der Waals surface area contributed by atoms with Crippen LogP contribution < -0.4 is 5.32 Å². The number of pyridine rings is 1. The van der Waals surface area contributed by atoms with Crippen molar-refractivity contribution < 1.29 is 9.53 Å². The number of hydrogen-bond acceptors (Lipinski definition) is 4. The van der Waals surface area contributed by atoms with Crippen molar-refractivity contribution in [2.45, 2.75) is 19.9 Å². The standard InChI is InChI=1S/C16H26N4O2/c1-2-17-16(21)20(14-15-6-3-4-7-18-15)9-5-8-19-10-12-22-13-11-19/h3-4,6-7H,2,5,8-14H2,1H3,(H,17,21). The summed E-state index contributed by atoms with van der Waals surface area (Å²) < 4.78 is 5.35. The SMILES string of the molecule is CCNC(=O)N(CCCN1CCOCC1)Cc1ccccn1. The number of carbonyl (C=O) groups is 1. The molecular weight excluding hydrogens is 280 g/mol. The van der Waals surface area contributed by atoms with Crippen molar-refractivity contribution in [3.05, 3.63) is 30.1 Å². The summed E-state index contributed by atoms with van der Waals surface area (Å²) in [5, 5.41) is 2.88. The quantitative estimate of drug-likeness (QED) is 0.826. The lowest BCUT2D eigenvalue weighted by Crippen LogP contribution is -2.42. The molecule has 0 saturated carbocycles. The summed E-state index contributed by atoms with van der Waals surface area (Å²) in [6.45, 7) is 8.47. The van der Waals surface area contributed by atoms with Gasteiger partial charge in [0, 0.05) is 38.9 Å². The van der Waals surface area contributed by atoms with Crippen molar-refractivity contribution in [3.63, 3.8) is 0 Å². The Labute approximate surface area is 132 Å². The number of carbonyl (C=O) groups excluding carboxylic acids is 1. The minimum absolute atomic E-state index is 0.0184. The van der Waals surface area contributed by atoms with Gasteiger partial charge in [-0.25, -0.2) is 4.79 Å². The maximum absolute atomic E-state index is 12.2. The number of nitrogens with one attached hydrogen (secondary N) is 1. The average molecular weight is 306 g/mol. The molecule has 6 nitrogen and oxygen atoms in total. The van der Waals surface area contributed by atoms with Gasteiger partial charge in [-0.3, -0.25) is 9.88 Å². The Morgan fingerprint density at radius 1 is 1.41 bits per heavy atom. The fraction of sp³-hybridized carbons (Fsp3) is 0.625. The molecule has 0 spiro atoms. The highest BCUT2D eigenvalue weighted by atomic mass is 16.5. The molecule has 1 aromatic heterocycles. The van der Waals surface area contributed by atoms with E-state index in [4.69, 9.17) is 4.74 Å². The van der Waals surface area contributed by atoms with Gasteiger partial charge < -0.3 is 15.0 Å². The van der Waals surface area contributed by atoms with Gasteiger partial charge in [0.25, 0.3) is 0 Å². The Hall–Kier alpha value is -1.66. The van der Waals surface area contributed by atoms with Crippen molar-refractivity contribution in [2.75, 3.05) is 45.9 Å². The second-order valence-electron chi connectivity index (χ2n) is 5.39. The zero-order valence-corrected chi connectivity index (χ0v) is 13.3. The van der Waals surface area contributed by atoms with E-state index >= 15 is 0 Å². The molecular formula is C16H26N4O2. The van der Waals surface area contributed by atoms with Crippen LogP contribution in [0.25, 0.3) is 0 Å². The first kappa shape index (κ1) is 16.7. The summed E-state index contributed by atoms with van der Waals surface area (Å²) in [4.78, 5) is 20.7. The molecule has 0 radical (unpaired) electrons. The van der Waals surface area contributed by atoms with E-state index in [0.717, 1.165) is 51.5 Å². The van der Waals surface area contributed by atoms with Crippen molar-refractivity contribution in [1.29, 1.82) is 0 Å². The fourth-order valence-electron chi connectivity index (χ4n) is 2.51. The predicted octanol–water partition coefficient (Wildman–Crippen LogP) is 1.34. The molecule has 0 bridgehead atoms. The minimum Gasteiger partial charge on any atom is -0.379 e. The van der Waals surface area contributed by atoms with Crippen LogP contribution in [0, 0.1) is 0 Å². The molecule has 1 N–H and O–H groups in total. The first-order chi connectivity index (χ1) is 10.8. The zero-order valence-electron chi connectivity index (χ0n) is 13.3. The van der Waals surface area contributed by atoms with Crippen molar-refractivity contribution in [3.8, 4) is 0 Å². The van der Waals surface area contributed by atoms with Gasteiger partial charge in [-0.2, -0.15) is 0 Å². The first-order valence-electron chi connectivity index (χ1n) is 8.02. The summed E-state index contributed by atoms with van der Waals surface area (Å²) in [6, 6.07) is 5.77. The van der Waals surface area contributed by atoms with E-state index < -0.39 is 0 Å². The molecule has 0 aliphatic carbocycles. The van der Waals surface area contributed by atoms with Crippen LogP contribution in [0.3, 0.4) is 0 Å². The van der Waals surface area contributed by atoms with Crippen molar-refractivity contribution >= 4 is 6.03 Å².